The van der Waals surface area contributed by atoms with Crippen molar-refractivity contribution < 1.29 is 9.59 Å². The predicted octanol–water partition coefficient (Wildman–Crippen LogP) is 4.68. The van der Waals surface area contributed by atoms with Gasteiger partial charge in [-0.3, -0.25) is 9.59 Å². The van der Waals surface area contributed by atoms with Gasteiger partial charge in [0, 0.05) is 13.1 Å². The highest BCUT2D eigenvalue weighted by Gasteiger charge is 1.92. The Morgan fingerprint density at radius 2 is 1.20 bits per heavy atom. The normalized spacial score (nSPS) is 8.72. The van der Waals surface area contributed by atoms with Gasteiger partial charge in [-0.25, -0.2) is 0 Å². The number of nitrogens with one attached hydrogen (secondary N) is 1. The highest BCUT2D eigenvalue weighted by Crippen LogP contribution is 2.00. The summed E-state index contributed by atoms with van der Waals surface area (Å²) < 4.78 is 0. The fourth-order valence-electron chi connectivity index (χ4n) is 1.54. The molecular weight excluding hydrogens is 334 g/mol. The van der Waals surface area contributed by atoms with Crippen molar-refractivity contribution in [1.82, 2.24) is 5.32 Å². The molecular formula is C21H24ClNO2. The van der Waals surface area contributed by atoms with Crippen molar-refractivity contribution in [3.63, 3.8) is 0 Å². The van der Waals surface area contributed by atoms with Gasteiger partial charge in [-0.2, -0.15) is 0 Å². The van der Waals surface area contributed by atoms with Crippen molar-refractivity contribution in [3.8, 4) is 0 Å². The average molecular weight is 358 g/mol. The van der Waals surface area contributed by atoms with Gasteiger partial charge in [0.15, 0.2) is 5.78 Å². The molecule has 0 aliphatic carbocycles. The van der Waals surface area contributed by atoms with Gasteiger partial charge in [0.1, 0.15) is 0 Å². The Hall–Kier alpha value is -2.49. The first-order valence-electron chi connectivity index (χ1n) is 7.73. The van der Waals surface area contributed by atoms with E-state index in [1.165, 1.54) is 24.1 Å². The van der Waals surface area contributed by atoms with E-state index < -0.39 is 5.24 Å². The van der Waals surface area contributed by atoms with E-state index in [-0.39, 0.29) is 5.78 Å². The third-order valence-corrected chi connectivity index (χ3v) is 2.95. The van der Waals surface area contributed by atoms with E-state index in [2.05, 4.69) is 67.0 Å². The lowest BCUT2D eigenvalue weighted by atomic mass is 10.2. The number of hydrogen-bond donors (Lipinski definition) is 1. The maximum absolute atomic E-state index is 9.69. The van der Waals surface area contributed by atoms with E-state index in [0.29, 0.717) is 0 Å². The molecule has 0 atom stereocenters. The quantitative estimate of drug-likeness (QED) is 0.603. The summed E-state index contributed by atoms with van der Waals surface area (Å²) in [5, 5.41) is 2.91. The number of carbonyl (C=O) groups is 2. The zero-order valence-electron chi connectivity index (χ0n) is 14.5. The number of carbonyl (C=O) groups excluding carboxylic acids is 2. The molecule has 2 aromatic rings. The second-order valence-corrected chi connectivity index (χ2v) is 5.27. The zero-order chi connectivity index (χ0) is 18.9. The van der Waals surface area contributed by atoms with E-state index in [1.54, 1.807) is 0 Å². The van der Waals surface area contributed by atoms with Crippen molar-refractivity contribution in [1.29, 1.82) is 0 Å². The Bertz CT molecular complexity index is 582. The van der Waals surface area contributed by atoms with Crippen LogP contribution in [0.1, 0.15) is 18.1 Å². The summed E-state index contributed by atoms with van der Waals surface area (Å²) >= 11 is 4.71. The largest absolute Gasteiger partial charge is 0.309 e. The van der Waals surface area contributed by atoms with Crippen LogP contribution in [0.4, 0.5) is 0 Å². The molecule has 0 saturated heterocycles. The third-order valence-electron chi connectivity index (χ3n) is 2.79. The van der Waals surface area contributed by atoms with Gasteiger partial charge in [0.25, 0.3) is 0 Å². The molecule has 0 fully saturated rings. The number of hydrogen-bond acceptors (Lipinski definition) is 3. The molecule has 0 unspecified atom stereocenters. The van der Waals surface area contributed by atoms with Crippen LogP contribution >= 0.6 is 11.6 Å². The van der Waals surface area contributed by atoms with E-state index >= 15 is 0 Å². The average Bonchev–Trinajstić information content (AvgIpc) is 2.64. The second kappa shape index (κ2) is 15.1. The first kappa shape index (κ1) is 22.5. The van der Waals surface area contributed by atoms with Gasteiger partial charge >= 0.3 is 0 Å². The standard InChI is InChI=1S/C14H15N.C4H6O.C3H3ClO/c1-3-7-13(8-4-1)11-15-12-14-9-5-2-6-10-14;1-3-4(2)5;1-2-3(4)5/h1-10,15H,11-12H2;3H,1H2,2H3;2H,1H2. The Labute approximate surface area is 155 Å². The second-order valence-electron chi connectivity index (χ2n) is 4.90. The number of allylic oxidation sites excluding steroid dienone is 2. The van der Waals surface area contributed by atoms with Gasteiger partial charge in [-0.1, -0.05) is 73.8 Å². The minimum atomic E-state index is -0.509. The van der Waals surface area contributed by atoms with Crippen LogP contribution in [-0.4, -0.2) is 11.0 Å². The molecule has 0 amide bonds. The molecule has 0 aliphatic rings. The summed E-state index contributed by atoms with van der Waals surface area (Å²) in [5.41, 5.74) is 2.65. The van der Waals surface area contributed by atoms with Crippen molar-refractivity contribution in [2.24, 2.45) is 0 Å². The Morgan fingerprint density at radius 3 is 1.44 bits per heavy atom. The van der Waals surface area contributed by atoms with Crippen molar-refractivity contribution in [2.75, 3.05) is 0 Å². The van der Waals surface area contributed by atoms with Crippen LogP contribution in [0.15, 0.2) is 86.0 Å². The van der Waals surface area contributed by atoms with Gasteiger partial charge in [-0.15, -0.1) is 0 Å². The topological polar surface area (TPSA) is 46.2 Å². The van der Waals surface area contributed by atoms with Crippen LogP contribution in [0.5, 0.6) is 0 Å². The first-order chi connectivity index (χ1) is 12.0. The molecule has 1 N–H and O–H groups in total. The number of ketones is 1. The first-order valence-corrected chi connectivity index (χ1v) is 8.10. The summed E-state index contributed by atoms with van der Waals surface area (Å²) in [6.45, 7) is 9.61. The lowest BCUT2D eigenvalue weighted by molar-refractivity contribution is -0.112. The van der Waals surface area contributed by atoms with E-state index in [4.69, 9.17) is 11.6 Å². The fourth-order valence-corrected chi connectivity index (χ4v) is 1.54. The summed E-state index contributed by atoms with van der Waals surface area (Å²) in [5.74, 6) is 0.0185. The summed E-state index contributed by atoms with van der Waals surface area (Å²) in [4.78, 5) is 19.2. The number of halogens is 1. The van der Waals surface area contributed by atoms with Gasteiger partial charge in [0.2, 0.25) is 5.24 Å². The smallest absolute Gasteiger partial charge is 0.244 e. The van der Waals surface area contributed by atoms with E-state index in [1.807, 2.05) is 12.1 Å². The van der Waals surface area contributed by atoms with Gasteiger partial charge in [0.05, 0.1) is 0 Å². The molecule has 0 aliphatic heterocycles. The molecule has 0 spiro atoms. The molecule has 0 bridgehead atoms. The summed E-state index contributed by atoms with van der Waals surface area (Å²) in [6.07, 6.45) is 2.32. The predicted molar refractivity (Wildman–Crippen MR) is 105 cm³/mol. The maximum atomic E-state index is 9.69. The van der Waals surface area contributed by atoms with Crippen LogP contribution in [0, 0.1) is 0 Å². The lowest BCUT2D eigenvalue weighted by Gasteiger charge is -2.04. The van der Waals surface area contributed by atoms with Crippen molar-refractivity contribution in [2.45, 2.75) is 20.0 Å². The molecule has 0 aromatic heterocycles. The minimum Gasteiger partial charge on any atom is -0.309 e. The Morgan fingerprint density at radius 1 is 0.880 bits per heavy atom. The number of benzene rings is 2. The summed E-state index contributed by atoms with van der Waals surface area (Å²) in [7, 11) is 0. The monoisotopic (exact) mass is 357 g/mol. The van der Waals surface area contributed by atoms with E-state index in [0.717, 1.165) is 19.2 Å². The maximum Gasteiger partial charge on any atom is 0.244 e. The highest BCUT2D eigenvalue weighted by atomic mass is 35.5. The van der Waals surface area contributed by atoms with Crippen molar-refractivity contribution >= 4 is 22.6 Å². The lowest BCUT2D eigenvalue weighted by Crippen LogP contribution is -2.12. The third kappa shape index (κ3) is 14.8. The molecule has 0 saturated carbocycles. The molecule has 2 rings (SSSR count). The van der Waals surface area contributed by atoms with Crippen LogP contribution < -0.4 is 5.32 Å². The van der Waals surface area contributed by atoms with Gasteiger partial charge in [-0.05, 0) is 41.8 Å². The fraction of sp³-hybridized carbons (Fsp3) is 0.143. The van der Waals surface area contributed by atoms with Crippen LogP contribution in [0.25, 0.3) is 0 Å². The SMILES string of the molecule is C=CC(=O)Cl.C=CC(C)=O.c1ccc(CNCc2ccccc2)cc1. The highest BCUT2D eigenvalue weighted by molar-refractivity contribution is 6.66. The van der Waals surface area contributed by atoms with Crippen LogP contribution in [0.3, 0.4) is 0 Å². The molecule has 3 nitrogen and oxygen atoms in total. The van der Waals surface area contributed by atoms with Gasteiger partial charge < -0.3 is 5.32 Å². The van der Waals surface area contributed by atoms with Crippen LogP contribution in [-0.2, 0) is 22.7 Å². The molecule has 2 aromatic carbocycles. The Kier molecular flexibility index (Phi) is 13.6. The summed E-state index contributed by atoms with van der Waals surface area (Å²) in [6, 6.07) is 20.9. The Balaban J connectivity index is 0.000000480. The molecule has 0 heterocycles. The van der Waals surface area contributed by atoms with E-state index in [9.17, 15) is 9.59 Å². The zero-order valence-corrected chi connectivity index (χ0v) is 15.2. The molecule has 132 valence electrons. The van der Waals surface area contributed by atoms with Crippen LogP contribution in [0.2, 0.25) is 0 Å². The minimum absolute atomic E-state index is 0.0185. The molecule has 0 radical (unpaired) electrons. The number of rotatable bonds is 6. The molecule has 25 heavy (non-hydrogen) atoms. The molecule has 4 heteroatoms. The van der Waals surface area contributed by atoms with Crippen molar-refractivity contribution in [3.05, 3.63) is 97.1 Å².